The van der Waals surface area contributed by atoms with Crippen LogP contribution in [0.1, 0.15) is 68.7 Å². The molecule has 1 aromatic carbocycles. The number of hydrogen-bond acceptors (Lipinski definition) is 6. The Morgan fingerprint density at radius 2 is 1.84 bits per heavy atom. The second kappa shape index (κ2) is 11.6. The summed E-state index contributed by atoms with van der Waals surface area (Å²) in [5.41, 5.74) is 8.05. The van der Waals surface area contributed by atoms with Gasteiger partial charge in [0.15, 0.2) is 0 Å². The predicted molar refractivity (Wildman–Crippen MR) is 146 cm³/mol. The highest BCUT2D eigenvalue weighted by Crippen LogP contribution is 2.34. The number of nitrogens with one attached hydrogen (secondary N) is 1. The van der Waals surface area contributed by atoms with Crippen molar-refractivity contribution in [1.82, 2.24) is 34.7 Å². The number of carbonyl (C=O) groups is 1. The minimum atomic E-state index is -0.144. The Hall–Kier alpha value is -3.91. The molecular weight excluding hydrogens is 474 g/mol. The molecule has 3 aromatic heterocycles. The summed E-state index contributed by atoms with van der Waals surface area (Å²) in [5.74, 6) is -0.144. The van der Waals surface area contributed by atoms with Crippen LogP contribution in [-0.4, -0.2) is 41.9 Å². The standard InChI is InChI=1S/C30H35N7O/c1-21-28(22(2)35-19-34-21)30(38)33-16-23-9-11-24(12-10-23)18-37(15-13-26-17-31-20-36(26)3)27-8-4-6-25-7-5-14-32-29(25)27/h5,7,9-12,14,17,19-20,27H,4,6,8,13,15-16,18H2,1-3H3,(H,33,38). The Morgan fingerprint density at radius 1 is 1.08 bits per heavy atom. The first-order valence-corrected chi connectivity index (χ1v) is 13.3. The Morgan fingerprint density at radius 3 is 2.58 bits per heavy atom. The number of rotatable bonds is 9. The quantitative estimate of drug-likeness (QED) is 0.362. The van der Waals surface area contributed by atoms with E-state index in [4.69, 9.17) is 4.98 Å². The van der Waals surface area contributed by atoms with Crippen LogP contribution in [0.15, 0.2) is 61.4 Å². The number of carbonyl (C=O) groups excluding carboxylic acids is 1. The van der Waals surface area contributed by atoms with Crippen LogP contribution in [-0.2, 0) is 33.0 Å². The summed E-state index contributed by atoms with van der Waals surface area (Å²) in [6.07, 6.45) is 11.6. The average Bonchev–Trinajstić information content (AvgIpc) is 3.34. The molecule has 5 rings (SSSR count). The van der Waals surface area contributed by atoms with Crippen molar-refractivity contribution in [2.45, 2.75) is 58.7 Å². The van der Waals surface area contributed by atoms with Crippen LogP contribution >= 0.6 is 0 Å². The zero-order valence-corrected chi connectivity index (χ0v) is 22.4. The van der Waals surface area contributed by atoms with E-state index < -0.39 is 0 Å². The number of benzene rings is 1. The zero-order valence-electron chi connectivity index (χ0n) is 22.4. The molecule has 8 nitrogen and oxygen atoms in total. The van der Waals surface area contributed by atoms with E-state index in [1.165, 1.54) is 35.3 Å². The molecule has 0 aliphatic heterocycles. The molecule has 0 saturated carbocycles. The molecule has 196 valence electrons. The lowest BCUT2D eigenvalue weighted by molar-refractivity contribution is 0.0948. The molecule has 3 heterocycles. The highest BCUT2D eigenvalue weighted by Gasteiger charge is 2.27. The van der Waals surface area contributed by atoms with Gasteiger partial charge in [0.25, 0.3) is 5.91 Å². The lowest BCUT2D eigenvalue weighted by Crippen LogP contribution is -2.33. The van der Waals surface area contributed by atoms with Crippen molar-refractivity contribution in [3.63, 3.8) is 0 Å². The largest absolute Gasteiger partial charge is 0.348 e. The van der Waals surface area contributed by atoms with Gasteiger partial charge in [-0.05, 0) is 55.9 Å². The molecule has 1 aliphatic carbocycles. The number of aryl methyl sites for hydroxylation is 4. The third-order valence-electron chi connectivity index (χ3n) is 7.49. The third-order valence-corrected chi connectivity index (χ3v) is 7.49. The molecule has 0 radical (unpaired) electrons. The van der Waals surface area contributed by atoms with Crippen LogP contribution in [0.25, 0.3) is 0 Å². The fourth-order valence-electron chi connectivity index (χ4n) is 5.36. The number of amides is 1. The predicted octanol–water partition coefficient (Wildman–Crippen LogP) is 4.27. The number of aromatic nitrogens is 5. The first-order valence-electron chi connectivity index (χ1n) is 13.3. The topological polar surface area (TPSA) is 88.8 Å². The Kier molecular flexibility index (Phi) is 7.89. The third kappa shape index (κ3) is 5.81. The lowest BCUT2D eigenvalue weighted by atomic mass is 9.90. The monoisotopic (exact) mass is 509 g/mol. The van der Waals surface area contributed by atoms with E-state index in [9.17, 15) is 4.79 Å². The minimum Gasteiger partial charge on any atom is -0.348 e. The molecule has 1 atom stereocenters. The maximum atomic E-state index is 12.7. The summed E-state index contributed by atoms with van der Waals surface area (Å²) in [7, 11) is 2.05. The van der Waals surface area contributed by atoms with E-state index >= 15 is 0 Å². The van der Waals surface area contributed by atoms with Crippen LogP contribution in [0.3, 0.4) is 0 Å². The molecule has 1 aliphatic rings. The van der Waals surface area contributed by atoms with Gasteiger partial charge in [-0.3, -0.25) is 14.7 Å². The lowest BCUT2D eigenvalue weighted by Gasteiger charge is -2.35. The SMILES string of the molecule is Cc1ncnc(C)c1C(=O)NCc1ccc(CN(CCc2cncn2C)C2CCCc3cccnc32)cc1. The number of nitrogens with zero attached hydrogens (tertiary/aromatic N) is 6. The molecule has 38 heavy (non-hydrogen) atoms. The molecule has 1 amide bonds. The van der Waals surface area contributed by atoms with Crippen molar-refractivity contribution in [3.05, 3.63) is 106 Å². The maximum Gasteiger partial charge on any atom is 0.255 e. The van der Waals surface area contributed by atoms with Crippen molar-refractivity contribution in [3.8, 4) is 0 Å². The van der Waals surface area contributed by atoms with E-state index in [1.54, 1.807) is 0 Å². The van der Waals surface area contributed by atoms with Gasteiger partial charge >= 0.3 is 0 Å². The van der Waals surface area contributed by atoms with Gasteiger partial charge in [0, 0.05) is 51.2 Å². The van der Waals surface area contributed by atoms with Gasteiger partial charge in [-0.15, -0.1) is 0 Å². The highest BCUT2D eigenvalue weighted by molar-refractivity contribution is 5.96. The number of fused-ring (bicyclic) bond motifs is 1. The van der Waals surface area contributed by atoms with E-state index in [-0.39, 0.29) is 5.91 Å². The normalized spacial score (nSPS) is 14.9. The minimum absolute atomic E-state index is 0.144. The van der Waals surface area contributed by atoms with Crippen LogP contribution in [0, 0.1) is 13.8 Å². The van der Waals surface area contributed by atoms with E-state index in [2.05, 4.69) is 67.1 Å². The number of hydrogen-bond donors (Lipinski definition) is 1. The van der Waals surface area contributed by atoms with Gasteiger partial charge in [0.2, 0.25) is 0 Å². The fraction of sp³-hybridized carbons (Fsp3) is 0.367. The Balaban J connectivity index is 1.28. The molecule has 4 aromatic rings. The number of pyridine rings is 1. The molecule has 0 fully saturated rings. The summed E-state index contributed by atoms with van der Waals surface area (Å²) in [4.78, 5) is 32.7. The van der Waals surface area contributed by atoms with Crippen LogP contribution in [0.5, 0.6) is 0 Å². The van der Waals surface area contributed by atoms with Gasteiger partial charge in [-0.1, -0.05) is 30.3 Å². The van der Waals surface area contributed by atoms with Crippen molar-refractivity contribution in [1.29, 1.82) is 0 Å². The van der Waals surface area contributed by atoms with E-state index in [0.717, 1.165) is 37.9 Å². The van der Waals surface area contributed by atoms with Gasteiger partial charge < -0.3 is 9.88 Å². The molecule has 0 spiro atoms. The Bertz CT molecular complexity index is 1380. The van der Waals surface area contributed by atoms with Gasteiger partial charge in [0.05, 0.1) is 35.0 Å². The summed E-state index contributed by atoms with van der Waals surface area (Å²) < 4.78 is 2.10. The molecule has 8 heteroatoms. The molecular formula is C30H35N7O. The van der Waals surface area contributed by atoms with Gasteiger partial charge in [-0.25, -0.2) is 15.0 Å². The molecule has 0 bridgehead atoms. The average molecular weight is 510 g/mol. The van der Waals surface area contributed by atoms with E-state index in [0.29, 0.717) is 29.5 Å². The molecule has 1 unspecified atom stereocenters. The second-order valence-electron chi connectivity index (χ2n) is 10.1. The van der Waals surface area contributed by atoms with Gasteiger partial charge in [-0.2, -0.15) is 0 Å². The Labute approximate surface area is 224 Å². The smallest absolute Gasteiger partial charge is 0.255 e. The highest BCUT2D eigenvalue weighted by atomic mass is 16.1. The van der Waals surface area contributed by atoms with Crippen molar-refractivity contribution in [2.24, 2.45) is 7.05 Å². The summed E-state index contributed by atoms with van der Waals surface area (Å²) in [6, 6.07) is 13.1. The van der Waals surface area contributed by atoms with E-state index in [1.807, 2.05) is 38.6 Å². The van der Waals surface area contributed by atoms with Crippen molar-refractivity contribution < 1.29 is 4.79 Å². The molecule has 0 saturated heterocycles. The van der Waals surface area contributed by atoms with Crippen LogP contribution < -0.4 is 5.32 Å². The number of imidazole rings is 1. The zero-order chi connectivity index (χ0) is 26.5. The van der Waals surface area contributed by atoms with Crippen LogP contribution in [0.4, 0.5) is 0 Å². The van der Waals surface area contributed by atoms with Gasteiger partial charge in [0.1, 0.15) is 6.33 Å². The summed E-state index contributed by atoms with van der Waals surface area (Å²) in [5, 5.41) is 3.02. The first kappa shape index (κ1) is 25.7. The summed E-state index contributed by atoms with van der Waals surface area (Å²) in [6.45, 7) is 5.88. The van der Waals surface area contributed by atoms with Crippen molar-refractivity contribution in [2.75, 3.05) is 6.54 Å². The van der Waals surface area contributed by atoms with Crippen LogP contribution in [0.2, 0.25) is 0 Å². The fourth-order valence-corrected chi connectivity index (χ4v) is 5.36. The molecule has 1 N–H and O–H groups in total. The first-order chi connectivity index (χ1) is 18.5. The maximum absolute atomic E-state index is 12.7. The van der Waals surface area contributed by atoms with Crippen molar-refractivity contribution >= 4 is 5.91 Å². The summed E-state index contributed by atoms with van der Waals surface area (Å²) >= 11 is 0. The second-order valence-corrected chi connectivity index (χ2v) is 10.1.